The number of phenols is 1. The van der Waals surface area contributed by atoms with Gasteiger partial charge in [-0.2, -0.15) is 0 Å². The summed E-state index contributed by atoms with van der Waals surface area (Å²) in [6, 6.07) is 18.5. The molecule has 0 saturated carbocycles. The zero-order chi connectivity index (χ0) is 19.2. The molecule has 0 aliphatic carbocycles. The normalized spacial score (nSPS) is 10.7. The Morgan fingerprint density at radius 3 is 2.37 bits per heavy atom. The second-order valence-corrected chi connectivity index (χ2v) is 5.48. The molecule has 0 aliphatic rings. The summed E-state index contributed by atoms with van der Waals surface area (Å²) in [5, 5.41) is 20.8. The average molecular weight is 364 g/mol. The van der Waals surface area contributed by atoms with E-state index in [2.05, 4.69) is 4.99 Å². The number of aliphatic imine (C=N–C) groups is 1. The highest BCUT2D eigenvalue weighted by atomic mass is 16.6. The van der Waals surface area contributed by atoms with Crippen LogP contribution in [0, 0.1) is 10.1 Å². The summed E-state index contributed by atoms with van der Waals surface area (Å²) >= 11 is 0. The lowest BCUT2D eigenvalue weighted by Gasteiger charge is -2.09. The van der Waals surface area contributed by atoms with Gasteiger partial charge in [-0.3, -0.25) is 15.1 Å². The molecular weight excluding hydrogens is 348 g/mol. The van der Waals surface area contributed by atoms with Crippen molar-refractivity contribution in [2.45, 2.75) is 0 Å². The number of nitrogens with zero attached hydrogens (tertiary/aromatic N) is 2. The van der Waals surface area contributed by atoms with Crippen LogP contribution in [0.5, 0.6) is 23.0 Å². The van der Waals surface area contributed by atoms with E-state index in [1.165, 1.54) is 18.3 Å². The molecule has 0 heterocycles. The molecule has 7 nitrogen and oxygen atoms in total. The molecule has 0 spiro atoms. The lowest BCUT2D eigenvalue weighted by atomic mass is 10.2. The van der Waals surface area contributed by atoms with E-state index < -0.39 is 10.7 Å². The Labute approximate surface area is 155 Å². The van der Waals surface area contributed by atoms with Crippen molar-refractivity contribution in [2.24, 2.45) is 4.99 Å². The van der Waals surface area contributed by atoms with E-state index >= 15 is 0 Å². The van der Waals surface area contributed by atoms with E-state index in [-0.39, 0.29) is 11.3 Å². The minimum atomic E-state index is -0.642. The molecule has 3 aromatic carbocycles. The van der Waals surface area contributed by atoms with Crippen LogP contribution in [0.1, 0.15) is 5.56 Å². The highest BCUT2D eigenvalue weighted by molar-refractivity contribution is 5.87. The van der Waals surface area contributed by atoms with Crippen LogP contribution in [0.3, 0.4) is 0 Å². The number of hydrogen-bond donors (Lipinski definition) is 1. The van der Waals surface area contributed by atoms with E-state index in [1.807, 2.05) is 12.1 Å². The van der Waals surface area contributed by atoms with Gasteiger partial charge in [-0.15, -0.1) is 0 Å². The second-order valence-electron chi connectivity index (χ2n) is 5.48. The number of para-hydroxylation sites is 3. The van der Waals surface area contributed by atoms with Crippen LogP contribution in [0.25, 0.3) is 0 Å². The van der Waals surface area contributed by atoms with E-state index in [4.69, 9.17) is 9.47 Å². The summed E-state index contributed by atoms with van der Waals surface area (Å²) in [7, 11) is 1.57. The molecule has 0 aliphatic heterocycles. The van der Waals surface area contributed by atoms with Gasteiger partial charge in [0.1, 0.15) is 5.75 Å². The van der Waals surface area contributed by atoms with Gasteiger partial charge in [0.2, 0.25) is 5.75 Å². The van der Waals surface area contributed by atoms with Crippen LogP contribution in [0.4, 0.5) is 11.4 Å². The lowest BCUT2D eigenvalue weighted by Crippen LogP contribution is -1.91. The fourth-order valence-electron chi connectivity index (χ4n) is 2.37. The summed E-state index contributed by atoms with van der Waals surface area (Å²) in [6.45, 7) is 0. The van der Waals surface area contributed by atoms with Crippen molar-refractivity contribution in [1.82, 2.24) is 0 Å². The molecule has 1 N–H and O–H groups in total. The first kappa shape index (κ1) is 17.9. The molecule has 3 aromatic rings. The van der Waals surface area contributed by atoms with Crippen molar-refractivity contribution in [1.29, 1.82) is 0 Å². The third-order valence-corrected chi connectivity index (χ3v) is 3.73. The van der Waals surface area contributed by atoms with Gasteiger partial charge in [-0.05, 0) is 42.5 Å². The molecule has 7 heteroatoms. The summed E-state index contributed by atoms with van der Waals surface area (Å²) in [5.74, 6) is 1.41. The van der Waals surface area contributed by atoms with Gasteiger partial charge in [0, 0.05) is 17.8 Å². The fraction of sp³-hybridized carbons (Fsp3) is 0.0500. The molecule has 27 heavy (non-hydrogen) atoms. The Balaban J connectivity index is 1.76. The Kier molecular flexibility index (Phi) is 5.32. The lowest BCUT2D eigenvalue weighted by molar-refractivity contribution is -0.385. The SMILES string of the molecule is COc1ccccc1Oc1ccc(N=Cc2cccc([N+](=O)[O-])c2O)cc1. The van der Waals surface area contributed by atoms with Gasteiger partial charge < -0.3 is 14.6 Å². The van der Waals surface area contributed by atoms with Gasteiger partial charge in [0.05, 0.1) is 17.7 Å². The van der Waals surface area contributed by atoms with Gasteiger partial charge in [0.25, 0.3) is 0 Å². The summed E-state index contributed by atoms with van der Waals surface area (Å²) in [6.07, 6.45) is 1.37. The van der Waals surface area contributed by atoms with Crippen molar-refractivity contribution in [2.75, 3.05) is 7.11 Å². The van der Waals surface area contributed by atoms with Gasteiger partial charge >= 0.3 is 5.69 Å². The molecule has 0 unspecified atom stereocenters. The largest absolute Gasteiger partial charge is 0.502 e. The van der Waals surface area contributed by atoms with Crippen LogP contribution < -0.4 is 9.47 Å². The number of ether oxygens (including phenoxy) is 2. The number of nitro groups is 1. The Morgan fingerprint density at radius 2 is 1.70 bits per heavy atom. The Hall–Kier alpha value is -3.87. The minimum Gasteiger partial charge on any atom is -0.502 e. The third kappa shape index (κ3) is 4.21. The monoisotopic (exact) mass is 364 g/mol. The molecular formula is C20H16N2O5. The maximum Gasteiger partial charge on any atom is 0.311 e. The topological polar surface area (TPSA) is 94.2 Å². The van der Waals surface area contributed by atoms with Crippen molar-refractivity contribution >= 4 is 17.6 Å². The molecule has 0 amide bonds. The smallest absolute Gasteiger partial charge is 0.311 e. The standard InChI is InChI=1S/C20H16N2O5/c1-26-18-7-2-3-8-19(18)27-16-11-9-15(10-12-16)21-13-14-5-4-6-17(20(14)23)22(24)25/h2-13,23H,1H3. The Bertz CT molecular complexity index is 984. The summed E-state index contributed by atoms with van der Waals surface area (Å²) in [4.78, 5) is 14.4. The van der Waals surface area contributed by atoms with Crippen molar-refractivity contribution in [3.63, 3.8) is 0 Å². The van der Waals surface area contributed by atoms with E-state index in [9.17, 15) is 15.2 Å². The first-order valence-electron chi connectivity index (χ1n) is 8.00. The maximum absolute atomic E-state index is 10.9. The highest BCUT2D eigenvalue weighted by Gasteiger charge is 2.15. The first-order valence-corrected chi connectivity index (χ1v) is 8.00. The minimum absolute atomic E-state index is 0.263. The quantitative estimate of drug-likeness (QED) is 0.383. The van der Waals surface area contributed by atoms with E-state index in [1.54, 1.807) is 49.6 Å². The highest BCUT2D eigenvalue weighted by Crippen LogP contribution is 2.32. The number of hydrogen-bond acceptors (Lipinski definition) is 6. The third-order valence-electron chi connectivity index (χ3n) is 3.73. The number of benzene rings is 3. The van der Waals surface area contributed by atoms with Crippen LogP contribution in [-0.2, 0) is 0 Å². The van der Waals surface area contributed by atoms with Gasteiger partial charge in [-0.25, -0.2) is 0 Å². The molecule has 0 saturated heterocycles. The zero-order valence-corrected chi connectivity index (χ0v) is 14.4. The number of rotatable bonds is 6. The molecule has 0 bridgehead atoms. The number of nitro benzene ring substituents is 1. The number of aromatic hydroxyl groups is 1. The molecule has 0 radical (unpaired) electrons. The van der Waals surface area contributed by atoms with Crippen LogP contribution >= 0.6 is 0 Å². The predicted molar refractivity (Wildman–Crippen MR) is 102 cm³/mol. The Morgan fingerprint density at radius 1 is 1.00 bits per heavy atom. The second kappa shape index (κ2) is 8.01. The van der Waals surface area contributed by atoms with Gasteiger partial charge in [0.15, 0.2) is 11.5 Å². The van der Waals surface area contributed by atoms with Crippen molar-refractivity contribution in [3.8, 4) is 23.0 Å². The van der Waals surface area contributed by atoms with Crippen LogP contribution in [-0.4, -0.2) is 23.4 Å². The van der Waals surface area contributed by atoms with Crippen LogP contribution in [0.15, 0.2) is 71.7 Å². The van der Waals surface area contributed by atoms with E-state index in [0.29, 0.717) is 22.9 Å². The van der Waals surface area contributed by atoms with Crippen molar-refractivity contribution in [3.05, 3.63) is 82.4 Å². The average Bonchev–Trinajstić information content (AvgIpc) is 2.68. The molecule has 136 valence electrons. The van der Waals surface area contributed by atoms with Gasteiger partial charge in [-0.1, -0.05) is 18.2 Å². The van der Waals surface area contributed by atoms with Crippen molar-refractivity contribution < 1.29 is 19.5 Å². The molecule has 0 fully saturated rings. The maximum atomic E-state index is 10.9. The molecule has 0 atom stereocenters. The molecule has 3 rings (SSSR count). The van der Waals surface area contributed by atoms with E-state index in [0.717, 1.165) is 0 Å². The zero-order valence-electron chi connectivity index (χ0n) is 14.4. The first-order chi connectivity index (χ1) is 13.1. The fourth-order valence-corrected chi connectivity index (χ4v) is 2.37. The number of methoxy groups -OCH3 is 1. The predicted octanol–water partition coefficient (Wildman–Crippen LogP) is 4.85. The summed E-state index contributed by atoms with van der Waals surface area (Å²) in [5.41, 5.74) is 0.506. The summed E-state index contributed by atoms with van der Waals surface area (Å²) < 4.78 is 11.0. The molecule has 0 aromatic heterocycles. The number of phenolic OH excluding ortho intramolecular Hbond substituents is 1. The van der Waals surface area contributed by atoms with Crippen LogP contribution in [0.2, 0.25) is 0 Å².